The maximum atomic E-state index is 13.2. The van der Waals surface area contributed by atoms with Gasteiger partial charge < -0.3 is 9.47 Å². The second kappa shape index (κ2) is 10.4. The molecule has 0 atom stereocenters. The second-order valence-corrected chi connectivity index (χ2v) is 11.4. The van der Waals surface area contributed by atoms with Crippen LogP contribution in [0, 0.1) is 0 Å². The summed E-state index contributed by atoms with van der Waals surface area (Å²) < 4.78 is 77.6. The first kappa shape index (κ1) is 28.8. The summed E-state index contributed by atoms with van der Waals surface area (Å²) in [6.07, 6.45) is -2.78. The van der Waals surface area contributed by atoms with Gasteiger partial charge in [-0.15, -0.1) is 5.10 Å². The minimum atomic E-state index is -4.69. The number of benzene rings is 1. The number of carbonyl (C=O) groups is 1. The number of fused-ring (bicyclic) bond motifs is 1. The summed E-state index contributed by atoms with van der Waals surface area (Å²) in [4.78, 5) is 29.0. The molecular weight excluding hydrogens is 553 g/mol. The lowest BCUT2D eigenvalue weighted by atomic mass is 10.1. The highest BCUT2D eigenvalue weighted by atomic mass is 32.2. The van der Waals surface area contributed by atoms with Gasteiger partial charge in [-0.05, 0) is 56.7 Å². The van der Waals surface area contributed by atoms with Crippen LogP contribution in [0.15, 0.2) is 64.5 Å². The standard InChI is InChI=1S/C26H25F3N4O6S/c1-5-38-23(34)25(3,4)39-19-10-7-16(8-11-19)17-13-20(40(36,37)6-2)22(30-14-17)33-24(35)32-15-18(26(27,28)29)9-12-21(32)31-33/h7-15H,5-6H2,1-4H3. The monoisotopic (exact) mass is 578 g/mol. The third-order valence-corrected chi connectivity index (χ3v) is 7.65. The summed E-state index contributed by atoms with van der Waals surface area (Å²) in [5.41, 5.74) is -2.52. The fraction of sp³-hybridized carbons (Fsp3) is 0.308. The van der Waals surface area contributed by atoms with Crippen LogP contribution in [0.25, 0.3) is 22.6 Å². The molecule has 0 aliphatic rings. The van der Waals surface area contributed by atoms with Gasteiger partial charge in [0.15, 0.2) is 26.9 Å². The SMILES string of the molecule is CCOC(=O)C(C)(C)Oc1ccc(-c2cnc(-n3nc4ccc(C(F)(F)F)cn4c3=O)c(S(=O)(=O)CC)c2)cc1. The van der Waals surface area contributed by atoms with Crippen LogP contribution in [0.4, 0.5) is 13.2 Å². The Kier molecular flexibility index (Phi) is 7.49. The van der Waals surface area contributed by atoms with Crippen molar-refractivity contribution in [3.8, 4) is 22.7 Å². The van der Waals surface area contributed by atoms with Crippen LogP contribution in [0.2, 0.25) is 0 Å². The molecule has 0 fully saturated rings. The van der Waals surface area contributed by atoms with E-state index in [2.05, 4.69) is 10.1 Å². The van der Waals surface area contributed by atoms with Gasteiger partial charge in [0.1, 0.15) is 10.6 Å². The number of sulfone groups is 1. The predicted octanol–water partition coefficient (Wildman–Crippen LogP) is 4.08. The Bertz CT molecular complexity index is 1740. The molecule has 0 saturated carbocycles. The summed E-state index contributed by atoms with van der Waals surface area (Å²) in [6, 6.07) is 9.53. The van der Waals surface area contributed by atoms with Gasteiger partial charge in [-0.2, -0.15) is 17.9 Å². The molecule has 0 N–H and O–H groups in total. The third kappa shape index (κ3) is 5.57. The van der Waals surface area contributed by atoms with E-state index in [1.165, 1.54) is 19.2 Å². The molecule has 10 nitrogen and oxygen atoms in total. The molecule has 0 aliphatic carbocycles. The van der Waals surface area contributed by atoms with Crippen LogP contribution in [0.3, 0.4) is 0 Å². The zero-order valence-corrected chi connectivity index (χ0v) is 22.7. The summed E-state index contributed by atoms with van der Waals surface area (Å²) in [7, 11) is -3.97. The molecule has 4 rings (SSSR count). The van der Waals surface area contributed by atoms with E-state index in [0.717, 1.165) is 12.1 Å². The molecular formula is C26H25F3N4O6S. The normalized spacial score (nSPS) is 12.5. The van der Waals surface area contributed by atoms with Crippen LogP contribution in [0.5, 0.6) is 5.75 Å². The number of halogens is 3. The van der Waals surface area contributed by atoms with Crippen molar-refractivity contribution in [3.63, 3.8) is 0 Å². The molecule has 3 heterocycles. The maximum Gasteiger partial charge on any atom is 0.417 e. The average Bonchev–Trinajstić information content (AvgIpc) is 3.23. The van der Waals surface area contributed by atoms with E-state index in [1.807, 2.05) is 0 Å². The van der Waals surface area contributed by atoms with Crippen molar-refractivity contribution in [2.24, 2.45) is 0 Å². The number of rotatable bonds is 8. The fourth-order valence-electron chi connectivity index (χ4n) is 3.78. The zero-order valence-electron chi connectivity index (χ0n) is 21.9. The van der Waals surface area contributed by atoms with Gasteiger partial charge in [-0.1, -0.05) is 19.1 Å². The van der Waals surface area contributed by atoms with Gasteiger partial charge in [0.05, 0.1) is 17.9 Å². The molecule has 0 unspecified atom stereocenters. The third-order valence-electron chi connectivity index (χ3n) is 5.92. The summed E-state index contributed by atoms with van der Waals surface area (Å²) in [6.45, 7) is 6.42. The van der Waals surface area contributed by atoms with Crippen molar-refractivity contribution in [2.75, 3.05) is 12.4 Å². The molecule has 0 aliphatic heterocycles. The molecule has 4 aromatic rings. The van der Waals surface area contributed by atoms with E-state index >= 15 is 0 Å². The van der Waals surface area contributed by atoms with Crippen LogP contribution < -0.4 is 10.4 Å². The zero-order chi connectivity index (χ0) is 29.5. The Labute approximate surface area is 226 Å². The second-order valence-electron chi connectivity index (χ2n) is 9.14. The summed E-state index contributed by atoms with van der Waals surface area (Å²) in [5.74, 6) is -0.849. The number of aromatic nitrogens is 4. The van der Waals surface area contributed by atoms with Crippen molar-refractivity contribution >= 4 is 21.5 Å². The minimum absolute atomic E-state index is 0.120. The smallest absolute Gasteiger partial charge is 0.417 e. The Morgan fingerprint density at radius 2 is 1.70 bits per heavy atom. The van der Waals surface area contributed by atoms with Gasteiger partial charge >= 0.3 is 17.8 Å². The van der Waals surface area contributed by atoms with Gasteiger partial charge in [-0.3, -0.25) is 0 Å². The first-order chi connectivity index (χ1) is 18.7. The fourth-order valence-corrected chi connectivity index (χ4v) is 4.81. The topological polar surface area (TPSA) is 122 Å². The summed E-state index contributed by atoms with van der Waals surface area (Å²) >= 11 is 0. The number of alkyl halides is 3. The van der Waals surface area contributed by atoms with Crippen molar-refractivity contribution < 1.29 is 35.9 Å². The van der Waals surface area contributed by atoms with Crippen molar-refractivity contribution in [2.45, 2.75) is 44.4 Å². The Morgan fingerprint density at radius 3 is 2.30 bits per heavy atom. The highest BCUT2D eigenvalue weighted by molar-refractivity contribution is 7.91. The van der Waals surface area contributed by atoms with Crippen molar-refractivity contribution in [1.82, 2.24) is 19.2 Å². The van der Waals surface area contributed by atoms with Crippen LogP contribution in [-0.4, -0.2) is 51.5 Å². The Morgan fingerprint density at radius 1 is 1.02 bits per heavy atom. The molecule has 0 radical (unpaired) electrons. The molecule has 0 saturated heterocycles. The number of nitrogens with zero attached hydrogens (tertiary/aromatic N) is 4. The lowest BCUT2D eigenvalue weighted by Gasteiger charge is -2.24. The number of hydrogen-bond donors (Lipinski definition) is 0. The highest BCUT2D eigenvalue weighted by Gasteiger charge is 2.33. The van der Waals surface area contributed by atoms with Crippen molar-refractivity contribution in [3.05, 3.63) is 70.9 Å². The molecule has 0 amide bonds. The van der Waals surface area contributed by atoms with Gasteiger partial charge in [0, 0.05) is 18.0 Å². The van der Waals surface area contributed by atoms with Crippen molar-refractivity contribution in [1.29, 1.82) is 0 Å². The minimum Gasteiger partial charge on any atom is -0.476 e. The largest absolute Gasteiger partial charge is 0.476 e. The van der Waals surface area contributed by atoms with Gasteiger partial charge in [-0.25, -0.2) is 27.4 Å². The average molecular weight is 579 g/mol. The molecule has 3 aromatic heterocycles. The Hall–Kier alpha value is -4.20. The molecule has 212 valence electrons. The van der Waals surface area contributed by atoms with E-state index in [4.69, 9.17) is 9.47 Å². The lowest BCUT2D eigenvalue weighted by molar-refractivity contribution is -0.158. The van der Waals surface area contributed by atoms with Crippen LogP contribution in [-0.2, 0) is 25.5 Å². The quantitative estimate of drug-likeness (QED) is 0.287. The number of esters is 1. The predicted molar refractivity (Wildman–Crippen MR) is 138 cm³/mol. The first-order valence-corrected chi connectivity index (χ1v) is 13.7. The van der Waals surface area contributed by atoms with Crippen LogP contribution in [0.1, 0.15) is 33.3 Å². The molecule has 14 heteroatoms. The lowest BCUT2D eigenvalue weighted by Crippen LogP contribution is -2.39. The number of pyridine rings is 2. The highest BCUT2D eigenvalue weighted by Crippen LogP contribution is 2.30. The molecule has 0 spiro atoms. The van der Waals surface area contributed by atoms with E-state index in [9.17, 15) is 31.2 Å². The van der Waals surface area contributed by atoms with E-state index in [1.54, 1.807) is 45.0 Å². The Balaban J connectivity index is 1.76. The molecule has 1 aromatic carbocycles. The summed E-state index contributed by atoms with van der Waals surface area (Å²) in [5, 5.41) is 4.01. The molecule has 0 bridgehead atoms. The number of carbonyl (C=O) groups excluding carboxylic acids is 1. The van der Waals surface area contributed by atoms with E-state index in [-0.39, 0.29) is 28.7 Å². The number of hydrogen-bond acceptors (Lipinski definition) is 8. The van der Waals surface area contributed by atoms with E-state index in [0.29, 0.717) is 32.2 Å². The van der Waals surface area contributed by atoms with Gasteiger partial charge in [0.2, 0.25) is 0 Å². The first-order valence-electron chi connectivity index (χ1n) is 12.1. The van der Waals surface area contributed by atoms with Gasteiger partial charge in [0.25, 0.3) is 0 Å². The molecule has 40 heavy (non-hydrogen) atoms. The van der Waals surface area contributed by atoms with Crippen LogP contribution >= 0.6 is 0 Å². The van der Waals surface area contributed by atoms with E-state index < -0.39 is 38.8 Å². The maximum absolute atomic E-state index is 13.2. The number of ether oxygens (including phenoxy) is 2.